The van der Waals surface area contributed by atoms with Gasteiger partial charge >= 0.3 is 6.18 Å². The molecule has 0 fully saturated rings. The van der Waals surface area contributed by atoms with Crippen LogP contribution in [0.4, 0.5) is 23.2 Å². The van der Waals surface area contributed by atoms with E-state index >= 15 is 0 Å². The van der Waals surface area contributed by atoms with Crippen LogP contribution in [0.25, 0.3) is 11.1 Å². The van der Waals surface area contributed by atoms with E-state index in [1.165, 1.54) is 30.3 Å². The maximum absolute atomic E-state index is 14.1. The molecule has 206 valence electrons. The zero-order chi connectivity index (χ0) is 28.7. The molecule has 10 heteroatoms. The van der Waals surface area contributed by atoms with E-state index in [1.54, 1.807) is 43.3 Å². The Bertz CT molecular complexity index is 1700. The highest BCUT2D eigenvalue weighted by Crippen LogP contribution is 2.34. The maximum Gasteiger partial charge on any atom is 0.416 e. The molecule has 0 heterocycles. The molecule has 4 aromatic rings. The minimum absolute atomic E-state index is 0.302. The fourth-order valence-electron chi connectivity index (χ4n) is 4.99. The highest BCUT2D eigenvalue weighted by atomic mass is 32.2. The lowest BCUT2D eigenvalue weighted by Gasteiger charge is -2.15. The monoisotopic (exact) mass is 568 g/mol. The largest absolute Gasteiger partial charge is 0.416 e. The number of hydrogen-bond donors (Lipinski definition) is 2. The maximum atomic E-state index is 14.1. The molecule has 5 rings (SSSR count). The molecule has 1 aliphatic carbocycles. The van der Waals surface area contributed by atoms with Crippen molar-refractivity contribution < 1.29 is 30.8 Å². The molecule has 5 nitrogen and oxygen atoms in total. The van der Waals surface area contributed by atoms with E-state index < -0.39 is 44.4 Å². The molecule has 0 radical (unpaired) electrons. The fourth-order valence-corrected chi connectivity index (χ4v) is 6.30. The Labute approximate surface area is 228 Å². The smallest absolute Gasteiger partial charge is 0.322 e. The first-order valence-electron chi connectivity index (χ1n) is 12.4. The average Bonchev–Trinajstić information content (AvgIpc) is 3.29. The second kappa shape index (κ2) is 10.5. The van der Waals surface area contributed by atoms with Crippen LogP contribution in [0.1, 0.15) is 32.6 Å². The number of anilines is 1. The van der Waals surface area contributed by atoms with Gasteiger partial charge in [-0.15, -0.1) is 0 Å². The van der Waals surface area contributed by atoms with Gasteiger partial charge in [-0.2, -0.15) is 13.2 Å². The molecule has 1 aliphatic rings. The van der Waals surface area contributed by atoms with E-state index in [-0.39, 0.29) is 0 Å². The summed E-state index contributed by atoms with van der Waals surface area (Å²) in [7, 11) is -4.06. The highest BCUT2D eigenvalue weighted by molar-refractivity contribution is 7.89. The number of alkyl halides is 3. The molecule has 2 N–H and O–H groups in total. The first-order chi connectivity index (χ1) is 18.9. The van der Waals surface area contributed by atoms with Crippen molar-refractivity contribution >= 4 is 21.6 Å². The summed E-state index contributed by atoms with van der Waals surface area (Å²) in [6, 6.07) is 19.7. The Morgan fingerprint density at radius 2 is 1.57 bits per heavy atom. The molecule has 1 amide bonds. The second-order valence-corrected chi connectivity index (χ2v) is 11.3. The lowest BCUT2D eigenvalue weighted by Crippen LogP contribution is -2.35. The van der Waals surface area contributed by atoms with Crippen LogP contribution in [0, 0.1) is 12.7 Å². The van der Waals surface area contributed by atoms with Crippen molar-refractivity contribution in [1.82, 2.24) is 4.72 Å². The summed E-state index contributed by atoms with van der Waals surface area (Å²) in [4.78, 5) is 12.9. The number of carbonyl (C=O) groups is 1. The summed E-state index contributed by atoms with van der Waals surface area (Å²) in [5.74, 6) is -1.27. The third-order valence-corrected chi connectivity index (χ3v) is 8.42. The third-order valence-electron chi connectivity index (χ3n) is 6.86. The van der Waals surface area contributed by atoms with Crippen LogP contribution >= 0.6 is 0 Å². The highest BCUT2D eigenvalue weighted by Gasteiger charge is 2.31. The predicted octanol–water partition coefficient (Wildman–Crippen LogP) is 6.52. The van der Waals surface area contributed by atoms with Crippen molar-refractivity contribution in [2.75, 3.05) is 5.32 Å². The lowest BCUT2D eigenvalue weighted by atomic mass is 9.93. The van der Waals surface area contributed by atoms with Gasteiger partial charge in [-0.25, -0.2) is 17.5 Å². The van der Waals surface area contributed by atoms with Crippen LogP contribution in [0.3, 0.4) is 0 Å². The Balaban J connectivity index is 1.33. The minimum Gasteiger partial charge on any atom is -0.322 e. The van der Waals surface area contributed by atoms with Crippen molar-refractivity contribution in [3.63, 3.8) is 0 Å². The quantitative estimate of drug-likeness (QED) is 0.260. The topological polar surface area (TPSA) is 75.3 Å². The van der Waals surface area contributed by atoms with Gasteiger partial charge in [0.1, 0.15) is 10.7 Å². The van der Waals surface area contributed by atoms with Gasteiger partial charge in [0.2, 0.25) is 10.0 Å². The SMILES string of the molecule is Cc1cccc(C(=O)Nc2ccc3c(c2)C[C@@H](NS(=O)(=O)c2ccccc2F)C3)c1-c1ccc(C(F)(F)F)cc1. The van der Waals surface area contributed by atoms with Gasteiger partial charge < -0.3 is 5.32 Å². The summed E-state index contributed by atoms with van der Waals surface area (Å²) in [6.45, 7) is 1.78. The average molecular weight is 569 g/mol. The van der Waals surface area contributed by atoms with E-state index in [0.29, 0.717) is 35.2 Å². The van der Waals surface area contributed by atoms with Gasteiger partial charge in [0.05, 0.1) is 5.56 Å². The fraction of sp³-hybridized carbons (Fsp3) is 0.167. The van der Waals surface area contributed by atoms with Crippen LogP contribution < -0.4 is 10.0 Å². The normalized spacial score (nSPS) is 15.1. The molecule has 0 spiro atoms. The standard InChI is InChI=1S/C30H24F4N2O3S/c1-18-5-4-6-25(28(18)19-9-12-22(13-10-19)30(32,33)34)29(37)35-23-14-11-20-15-24(17-21(20)16-23)36-40(38,39)27-8-3-2-7-26(27)31/h2-14,16,24,36H,15,17H2,1H3,(H,35,37)/t24-/m0/s1. The number of carbonyl (C=O) groups excluding carboxylic acids is 1. The predicted molar refractivity (Wildman–Crippen MR) is 144 cm³/mol. The van der Waals surface area contributed by atoms with Crippen LogP contribution in [0.5, 0.6) is 0 Å². The number of benzene rings is 4. The number of aryl methyl sites for hydroxylation is 1. The number of halogens is 4. The number of nitrogens with one attached hydrogen (secondary N) is 2. The molecular formula is C30H24F4N2O3S. The molecule has 0 saturated carbocycles. The van der Waals surface area contributed by atoms with Crippen LogP contribution in [-0.4, -0.2) is 20.4 Å². The Morgan fingerprint density at radius 1 is 0.875 bits per heavy atom. The van der Waals surface area contributed by atoms with E-state index in [1.807, 2.05) is 0 Å². The van der Waals surface area contributed by atoms with Gasteiger partial charge in [-0.1, -0.05) is 42.5 Å². The number of sulfonamides is 1. The summed E-state index contributed by atoms with van der Waals surface area (Å²) < 4.78 is 81.1. The van der Waals surface area contributed by atoms with Crippen molar-refractivity contribution in [1.29, 1.82) is 0 Å². The summed E-state index contributed by atoms with van der Waals surface area (Å²) >= 11 is 0. The van der Waals surface area contributed by atoms with Gasteiger partial charge in [-0.05, 0) is 90.0 Å². The summed E-state index contributed by atoms with van der Waals surface area (Å²) in [5.41, 5.74) is 3.49. The Kier molecular flexibility index (Phi) is 7.24. The molecule has 0 bridgehead atoms. The number of fused-ring (bicyclic) bond motifs is 1. The summed E-state index contributed by atoms with van der Waals surface area (Å²) in [6.07, 6.45) is -3.70. The Hall–Kier alpha value is -4.02. The van der Waals surface area contributed by atoms with E-state index in [2.05, 4.69) is 10.0 Å². The molecule has 0 aromatic heterocycles. The number of amides is 1. The van der Waals surface area contributed by atoms with Crippen LogP contribution in [0.15, 0.2) is 89.8 Å². The molecule has 0 saturated heterocycles. The second-order valence-electron chi connectivity index (χ2n) is 9.67. The summed E-state index contributed by atoms with van der Waals surface area (Å²) in [5, 5.41) is 2.85. The Morgan fingerprint density at radius 3 is 2.27 bits per heavy atom. The third kappa shape index (κ3) is 5.64. The lowest BCUT2D eigenvalue weighted by molar-refractivity contribution is -0.137. The van der Waals surface area contributed by atoms with Crippen LogP contribution in [-0.2, 0) is 29.0 Å². The minimum atomic E-state index is -4.46. The van der Waals surface area contributed by atoms with Crippen molar-refractivity contribution in [3.8, 4) is 11.1 Å². The molecular weight excluding hydrogens is 544 g/mol. The molecule has 0 aliphatic heterocycles. The molecule has 1 atom stereocenters. The zero-order valence-corrected chi connectivity index (χ0v) is 22.0. The van der Waals surface area contributed by atoms with Gasteiger partial charge in [0, 0.05) is 17.3 Å². The molecule has 40 heavy (non-hydrogen) atoms. The van der Waals surface area contributed by atoms with Gasteiger partial charge in [0.25, 0.3) is 5.91 Å². The zero-order valence-electron chi connectivity index (χ0n) is 21.2. The van der Waals surface area contributed by atoms with Gasteiger partial charge in [0.15, 0.2) is 0 Å². The van der Waals surface area contributed by atoms with E-state index in [0.717, 1.165) is 34.9 Å². The first kappa shape index (κ1) is 27.5. The van der Waals surface area contributed by atoms with E-state index in [9.17, 15) is 30.8 Å². The number of rotatable bonds is 6. The van der Waals surface area contributed by atoms with Crippen molar-refractivity contribution in [3.05, 3.63) is 119 Å². The van der Waals surface area contributed by atoms with Crippen molar-refractivity contribution in [2.45, 2.75) is 36.9 Å². The number of hydrogen-bond acceptors (Lipinski definition) is 3. The molecule has 0 unspecified atom stereocenters. The van der Waals surface area contributed by atoms with E-state index in [4.69, 9.17) is 0 Å². The van der Waals surface area contributed by atoms with Crippen LogP contribution in [0.2, 0.25) is 0 Å². The van der Waals surface area contributed by atoms with Gasteiger partial charge in [-0.3, -0.25) is 4.79 Å². The molecule has 4 aromatic carbocycles. The van der Waals surface area contributed by atoms with Crippen molar-refractivity contribution in [2.24, 2.45) is 0 Å². The first-order valence-corrected chi connectivity index (χ1v) is 13.9.